The van der Waals surface area contributed by atoms with Gasteiger partial charge in [-0.25, -0.2) is 0 Å². The topological polar surface area (TPSA) is 88.2 Å². The van der Waals surface area contributed by atoms with E-state index in [1.54, 1.807) is 31.2 Å². The molecule has 3 amide bonds. The van der Waals surface area contributed by atoms with E-state index in [4.69, 9.17) is 9.47 Å². The number of amides is 3. The summed E-state index contributed by atoms with van der Waals surface area (Å²) >= 11 is 0. The highest BCUT2D eigenvalue weighted by Gasteiger charge is 2.39. The fraction of sp³-hybridized carbons (Fsp3) is 0.625. The number of nitrogens with zero attached hydrogens (tertiary/aromatic N) is 2. The average Bonchev–Trinajstić information content (AvgIpc) is 3.49. The molecule has 8 nitrogen and oxygen atoms in total. The van der Waals surface area contributed by atoms with Crippen molar-refractivity contribution in [3.63, 3.8) is 0 Å². The molecule has 3 aliphatic rings. The molecule has 4 rings (SSSR count). The number of nitrogens with one attached hydrogen (secondary N) is 1. The van der Waals surface area contributed by atoms with Crippen LogP contribution in [-0.2, 0) is 14.3 Å². The molecule has 32 heavy (non-hydrogen) atoms. The first-order valence-corrected chi connectivity index (χ1v) is 11.7. The first-order chi connectivity index (χ1) is 15.5. The van der Waals surface area contributed by atoms with Gasteiger partial charge in [-0.05, 0) is 50.7 Å². The van der Waals surface area contributed by atoms with Crippen LogP contribution in [0.3, 0.4) is 0 Å². The number of hydrogen-bond acceptors (Lipinski definition) is 5. The van der Waals surface area contributed by atoms with E-state index in [2.05, 4.69) is 5.32 Å². The molecule has 1 aromatic carbocycles. The van der Waals surface area contributed by atoms with Gasteiger partial charge >= 0.3 is 0 Å². The summed E-state index contributed by atoms with van der Waals surface area (Å²) in [6.45, 7) is 4.08. The molecule has 1 aliphatic carbocycles. The Labute approximate surface area is 189 Å². The van der Waals surface area contributed by atoms with Crippen LogP contribution in [0.15, 0.2) is 24.3 Å². The molecule has 1 saturated carbocycles. The maximum absolute atomic E-state index is 13.1. The van der Waals surface area contributed by atoms with Crippen LogP contribution in [0.2, 0.25) is 0 Å². The lowest BCUT2D eigenvalue weighted by molar-refractivity contribution is -0.138. The molecule has 0 bridgehead atoms. The predicted octanol–water partition coefficient (Wildman–Crippen LogP) is 1.98. The molecular formula is C24H33N3O5. The zero-order chi connectivity index (χ0) is 22.5. The van der Waals surface area contributed by atoms with Gasteiger partial charge in [0.2, 0.25) is 5.91 Å². The van der Waals surface area contributed by atoms with Crippen molar-refractivity contribution in [2.45, 2.75) is 63.6 Å². The average molecular weight is 444 g/mol. The predicted molar refractivity (Wildman–Crippen MR) is 118 cm³/mol. The maximum atomic E-state index is 13.1. The minimum atomic E-state index is -0.223. The van der Waals surface area contributed by atoms with Crippen LogP contribution in [-0.4, -0.2) is 78.6 Å². The number of piperidine rings is 1. The summed E-state index contributed by atoms with van der Waals surface area (Å²) in [4.78, 5) is 41.2. The molecule has 1 aromatic rings. The smallest absolute Gasteiger partial charge is 0.261 e. The SMILES string of the molecule is CC(=O)N1CCC(N(C(=O)COc2ccccc2C(=O)NCC2CCCO2)C2CC2)CC1. The minimum Gasteiger partial charge on any atom is -0.483 e. The first-order valence-electron chi connectivity index (χ1n) is 11.7. The molecule has 174 valence electrons. The summed E-state index contributed by atoms with van der Waals surface area (Å²) < 4.78 is 11.4. The van der Waals surface area contributed by atoms with Crippen LogP contribution in [0, 0.1) is 0 Å². The van der Waals surface area contributed by atoms with Gasteiger partial charge in [0.15, 0.2) is 6.61 Å². The molecule has 1 N–H and O–H groups in total. The summed E-state index contributed by atoms with van der Waals surface area (Å²) in [5.41, 5.74) is 0.422. The highest BCUT2D eigenvalue weighted by atomic mass is 16.5. The van der Waals surface area contributed by atoms with Crippen molar-refractivity contribution >= 4 is 17.7 Å². The summed E-state index contributed by atoms with van der Waals surface area (Å²) in [5.74, 6) is 0.223. The van der Waals surface area contributed by atoms with Crippen molar-refractivity contribution in [1.29, 1.82) is 0 Å². The molecule has 1 unspecified atom stereocenters. The lowest BCUT2D eigenvalue weighted by Crippen LogP contribution is -2.50. The van der Waals surface area contributed by atoms with E-state index in [0.29, 0.717) is 30.9 Å². The van der Waals surface area contributed by atoms with E-state index in [9.17, 15) is 14.4 Å². The number of likely N-dealkylation sites (tertiary alicyclic amines) is 1. The van der Waals surface area contributed by atoms with Crippen LogP contribution in [0.4, 0.5) is 0 Å². The molecule has 2 aliphatic heterocycles. The Bertz CT molecular complexity index is 827. The van der Waals surface area contributed by atoms with Crippen LogP contribution < -0.4 is 10.1 Å². The van der Waals surface area contributed by atoms with Crippen LogP contribution in [0.5, 0.6) is 5.75 Å². The van der Waals surface area contributed by atoms with E-state index in [1.165, 1.54) is 0 Å². The minimum absolute atomic E-state index is 0.0525. The zero-order valence-corrected chi connectivity index (χ0v) is 18.8. The van der Waals surface area contributed by atoms with Gasteiger partial charge in [-0.2, -0.15) is 0 Å². The number of carbonyl (C=O) groups is 3. The van der Waals surface area contributed by atoms with Crippen LogP contribution >= 0.6 is 0 Å². The Morgan fingerprint density at radius 1 is 1.09 bits per heavy atom. The lowest BCUT2D eigenvalue weighted by Gasteiger charge is -2.38. The van der Waals surface area contributed by atoms with Crippen LogP contribution in [0.25, 0.3) is 0 Å². The fourth-order valence-electron chi connectivity index (χ4n) is 4.62. The quantitative estimate of drug-likeness (QED) is 0.664. The molecule has 2 heterocycles. The monoisotopic (exact) mass is 443 g/mol. The first kappa shape index (κ1) is 22.6. The molecule has 0 aromatic heterocycles. The molecule has 2 saturated heterocycles. The van der Waals surface area contributed by atoms with Gasteiger partial charge in [-0.15, -0.1) is 0 Å². The number of carbonyl (C=O) groups excluding carboxylic acids is 3. The van der Waals surface area contributed by atoms with Gasteiger partial charge in [0, 0.05) is 45.2 Å². The molecule has 0 radical (unpaired) electrons. The van der Waals surface area contributed by atoms with Crippen molar-refractivity contribution in [1.82, 2.24) is 15.1 Å². The fourth-order valence-corrected chi connectivity index (χ4v) is 4.62. The van der Waals surface area contributed by atoms with E-state index >= 15 is 0 Å². The Morgan fingerprint density at radius 2 is 1.81 bits per heavy atom. The number of ether oxygens (including phenoxy) is 2. The van der Waals surface area contributed by atoms with Gasteiger partial charge in [-0.1, -0.05) is 12.1 Å². The highest BCUT2D eigenvalue weighted by Crippen LogP contribution is 2.32. The molecule has 1 atom stereocenters. The Hall–Kier alpha value is -2.61. The van der Waals surface area contributed by atoms with Gasteiger partial charge in [0.1, 0.15) is 5.75 Å². The standard InChI is InChI=1S/C24H33N3O5/c1-17(28)26-12-10-19(11-13-26)27(18-8-9-18)23(29)16-32-22-7-3-2-6-21(22)24(30)25-15-20-5-4-14-31-20/h2-3,6-7,18-20H,4-5,8-16H2,1H3,(H,25,30). The van der Waals surface area contributed by atoms with Crippen molar-refractivity contribution < 1.29 is 23.9 Å². The van der Waals surface area contributed by atoms with Crippen molar-refractivity contribution in [2.75, 3.05) is 32.8 Å². The number of benzene rings is 1. The van der Waals surface area contributed by atoms with Crippen LogP contribution in [0.1, 0.15) is 55.8 Å². The lowest BCUT2D eigenvalue weighted by atomic mass is 10.0. The largest absolute Gasteiger partial charge is 0.483 e. The zero-order valence-electron chi connectivity index (χ0n) is 18.8. The van der Waals surface area contributed by atoms with Gasteiger partial charge in [0.05, 0.1) is 11.7 Å². The van der Waals surface area contributed by atoms with Crippen molar-refractivity contribution in [3.8, 4) is 5.75 Å². The summed E-state index contributed by atoms with van der Waals surface area (Å²) in [6, 6.07) is 7.42. The number of hydrogen-bond donors (Lipinski definition) is 1. The normalized spacial score (nSPS) is 21.3. The van der Waals surface area contributed by atoms with Crippen molar-refractivity contribution in [3.05, 3.63) is 29.8 Å². The summed E-state index contributed by atoms with van der Waals surface area (Å²) in [7, 11) is 0. The number of para-hydroxylation sites is 1. The second-order valence-corrected chi connectivity index (χ2v) is 8.90. The molecule has 8 heteroatoms. The second kappa shape index (κ2) is 10.3. The Balaban J connectivity index is 1.33. The summed E-state index contributed by atoms with van der Waals surface area (Å²) in [6.07, 6.45) is 5.66. The van der Waals surface area contributed by atoms with Crippen molar-refractivity contribution in [2.24, 2.45) is 0 Å². The van der Waals surface area contributed by atoms with E-state index in [1.807, 2.05) is 9.80 Å². The number of rotatable bonds is 8. The second-order valence-electron chi connectivity index (χ2n) is 8.90. The maximum Gasteiger partial charge on any atom is 0.261 e. The Kier molecular flexibility index (Phi) is 7.29. The Morgan fingerprint density at radius 3 is 2.47 bits per heavy atom. The van der Waals surface area contributed by atoms with Gasteiger partial charge in [0.25, 0.3) is 11.8 Å². The van der Waals surface area contributed by atoms with E-state index < -0.39 is 0 Å². The van der Waals surface area contributed by atoms with E-state index in [0.717, 1.165) is 45.1 Å². The van der Waals surface area contributed by atoms with E-state index in [-0.39, 0.29) is 42.5 Å². The highest BCUT2D eigenvalue weighted by molar-refractivity contribution is 5.97. The molecule has 0 spiro atoms. The van der Waals surface area contributed by atoms with Gasteiger partial charge < -0.3 is 24.6 Å². The molecule has 3 fully saturated rings. The summed E-state index contributed by atoms with van der Waals surface area (Å²) in [5, 5.41) is 2.91. The third-order valence-electron chi connectivity index (χ3n) is 6.53. The third kappa shape index (κ3) is 5.59. The molecular weight excluding hydrogens is 410 g/mol. The van der Waals surface area contributed by atoms with Gasteiger partial charge in [-0.3, -0.25) is 14.4 Å². The third-order valence-corrected chi connectivity index (χ3v) is 6.53.